The van der Waals surface area contributed by atoms with Gasteiger partial charge >= 0.3 is 0 Å². The van der Waals surface area contributed by atoms with E-state index in [0.717, 1.165) is 25.1 Å². The highest BCUT2D eigenvalue weighted by Gasteiger charge is 2.39. The second-order valence-corrected chi connectivity index (χ2v) is 5.58. The van der Waals surface area contributed by atoms with Crippen molar-refractivity contribution in [3.8, 4) is 0 Å². The van der Waals surface area contributed by atoms with Gasteiger partial charge in [-0.3, -0.25) is 4.79 Å². The van der Waals surface area contributed by atoms with Crippen molar-refractivity contribution in [2.24, 2.45) is 0 Å². The minimum atomic E-state index is -0.788. The molecule has 0 radical (unpaired) electrons. The predicted molar refractivity (Wildman–Crippen MR) is 72.9 cm³/mol. The van der Waals surface area contributed by atoms with Gasteiger partial charge in [-0.15, -0.1) is 0 Å². The molecule has 104 valence electrons. The zero-order chi connectivity index (χ0) is 14.0. The number of amides is 1. The van der Waals surface area contributed by atoms with Crippen molar-refractivity contribution in [3.63, 3.8) is 0 Å². The van der Waals surface area contributed by atoms with E-state index in [-0.39, 0.29) is 5.91 Å². The molecule has 0 saturated carbocycles. The first kappa shape index (κ1) is 14.4. The van der Waals surface area contributed by atoms with E-state index in [1.807, 2.05) is 6.92 Å². The van der Waals surface area contributed by atoms with Crippen LogP contribution in [0, 0.1) is 11.6 Å². The Labute approximate surface area is 118 Å². The van der Waals surface area contributed by atoms with E-state index < -0.39 is 22.9 Å². The zero-order valence-electron chi connectivity index (χ0n) is 10.5. The van der Waals surface area contributed by atoms with E-state index in [4.69, 9.17) is 0 Å². The molecule has 1 aromatic carbocycles. The molecule has 1 aliphatic rings. The van der Waals surface area contributed by atoms with Gasteiger partial charge in [-0.05, 0) is 37.9 Å². The lowest BCUT2D eigenvalue weighted by atomic mass is 9.93. The number of hydrogen-bond donors (Lipinski definition) is 2. The summed E-state index contributed by atoms with van der Waals surface area (Å²) in [4.78, 5) is 12.2. The molecule has 1 aliphatic heterocycles. The van der Waals surface area contributed by atoms with E-state index in [1.54, 1.807) is 0 Å². The first-order valence-corrected chi connectivity index (χ1v) is 6.99. The van der Waals surface area contributed by atoms with E-state index in [1.165, 1.54) is 0 Å². The molecule has 0 aromatic heterocycles. The SMILES string of the molecule is CCC1(C(=O)Nc2c(F)cc(Br)cc2F)CCCN1. The Morgan fingerprint density at radius 1 is 1.47 bits per heavy atom. The summed E-state index contributed by atoms with van der Waals surface area (Å²) in [6, 6.07) is 2.25. The molecule has 1 amide bonds. The fraction of sp³-hybridized carbons (Fsp3) is 0.462. The first-order chi connectivity index (χ1) is 8.98. The number of nitrogens with one attached hydrogen (secondary N) is 2. The van der Waals surface area contributed by atoms with Crippen molar-refractivity contribution in [2.45, 2.75) is 31.7 Å². The molecule has 1 fully saturated rings. The van der Waals surface area contributed by atoms with Gasteiger partial charge in [0.1, 0.15) is 5.69 Å². The van der Waals surface area contributed by atoms with Gasteiger partial charge in [0.25, 0.3) is 0 Å². The van der Waals surface area contributed by atoms with Crippen LogP contribution in [0.3, 0.4) is 0 Å². The Kier molecular flexibility index (Phi) is 4.20. The minimum absolute atomic E-state index is 0.296. The van der Waals surface area contributed by atoms with Crippen molar-refractivity contribution >= 4 is 27.5 Å². The number of carbonyl (C=O) groups excluding carboxylic acids is 1. The molecule has 19 heavy (non-hydrogen) atoms. The number of carbonyl (C=O) groups is 1. The molecule has 1 atom stereocenters. The Balaban J connectivity index is 2.24. The lowest BCUT2D eigenvalue weighted by Gasteiger charge is -2.26. The number of benzene rings is 1. The molecule has 2 N–H and O–H groups in total. The average molecular weight is 333 g/mol. The highest BCUT2D eigenvalue weighted by molar-refractivity contribution is 9.10. The molecular formula is C13H15BrF2N2O. The van der Waals surface area contributed by atoms with Crippen molar-refractivity contribution in [1.82, 2.24) is 5.32 Å². The van der Waals surface area contributed by atoms with Gasteiger partial charge in [0.15, 0.2) is 11.6 Å². The molecule has 2 rings (SSSR count). The first-order valence-electron chi connectivity index (χ1n) is 6.19. The Morgan fingerprint density at radius 2 is 2.11 bits per heavy atom. The van der Waals surface area contributed by atoms with E-state index >= 15 is 0 Å². The molecular weight excluding hydrogens is 318 g/mol. The zero-order valence-corrected chi connectivity index (χ0v) is 12.1. The van der Waals surface area contributed by atoms with Crippen LogP contribution >= 0.6 is 15.9 Å². The van der Waals surface area contributed by atoms with Gasteiger partial charge in [-0.25, -0.2) is 8.78 Å². The van der Waals surface area contributed by atoms with Crippen LogP contribution in [0.5, 0.6) is 0 Å². The molecule has 1 heterocycles. The standard InChI is InChI=1S/C13H15BrF2N2O/c1-2-13(4-3-5-17-13)12(19)18-11-9(15)6-8(14)7-10(11)16/h6-7,17H,2-5H2,1H3,(H,18,19). The molecule has 0 aliphatic carbocycles. The molecule has 1 aromatic rings. The topological polar surface area (TPSA) is 41.1 Å². The van der Waals surface area contributed by atoms with Crippen molar-refractivity contribution in [3.05, 3.63) is 28.2 Å². The summed E-state index contributed by atoms with van der Waals surface area (Å²) in [7, 11) is 0. The van der Waals surface area contributed by atoms with Crippen LogP contribution in [0.15, 0.2) is 16.6 Å². The summed E-state index contributed by atoms with van der Waals surface area (Å²) in [6.07, 6.45) is 2.14. The summed E-state index contributed by atoms with van der Waals surface area (Å²) >= 11 is 3.00. The molecule has 0 spiro atoms. The Bertz CT molecular complexity index is 478. The van der Waals surface area contributed by atoms with Crippen molar-refractivity contribution in [1.29, 1.82) is 0 Å². The third-order valence-electron chi connectivity index (χ3n) is 3.53. The predicted octanol–water partition coefficient (Wildman–Crippen LogP) is 3.20. The van der Waals surface area contributed by atoms with Gasteiger partial charge in [0.2, 0.25) is 5.91 Å². The summed E-state index contributed by atoms with van der Waals surface area (Å²) < 4.78 is 27.7. The quantitative estimate of drug-likeness (QED) is 0.892. The van der Waals surface area contributed by atoms with Gasteiger partial charge in [-0.1, -0.05) is 22.9 Å². The third kappa shape index (κ3) is 2.79. The lowest BCUT2D eigenvalue weighted by molar-refractivity contribution is -0.122. The summed E-state index contributed by atoms with van der Waals surface area (Å²) in [5, 5.41) is 5.49. The Hall–Kier alpha value is -1.01. The average Bonchev–Trinajstić information content (AvgIpc) is 2.83. The fourth-order valence-corrected chi connectivity index (χ4v) is 2.76. The molecule has 1 unspecified atom stereocenters. The van der Waals surface area contributed by atoms with Crippen LogP contribution in [0.1, 0.15) is 26.2 Å². The van der Waals surface area contributed by atoms with Crippen molar-refractivity contribution in [2.75, 3.05) is 11.9 Å². The minimum Gasteiger partial charge on any atom is -0.320 e. The second kappa shape index (κ2) is 5.54. The molecule has 1 saturated heterocycles. The smallest absolute Gasteiger partial charge is 0.244 e. The summed E-state index contributed by atoms with van der Waals surface area (Å²) in [5.41, 5.74) is -1.11. The van der Waals surface area contributed by atoms with Gasteiger partial charge in [0.05, 0.1) is 5.54 Å². The summed E-state index contributed by atoms with van der Waals surface area (Å²) in [6.45, 7) is 2.62. The van der Waals surface area contributed by atoms with Gasteiger partial charge in [0, 0.05) is 4.47 Å². The van der Waals surface area contributed by atoms with Crippen LogP contribution in [-0.4, -0.2) is 18.0 Å². The van der Waals surface area contributed by atoms with Gasteiger partial charge < -0.3 is 10.6 Å². The Morgan fingerprint density at radius 3 is 2.58 bits per heavy atom. The number of anilines is 1. The van der Waals surface area contributed by atoms with E-state index in [9.17, 15) is 13.6 Å². The van der Waals surface area contributed by atoms with Gasteiger partial charge in [-0.2, -0.15) is 0 Å². The monoisotopic (exact) mass is 332 g/mol. The normalized spacial score (nSPS) is 22.5. The van der Waals surface area contributed by atoms with Crippen LogP contribution in [0.4, 0.5) is 14.5 Å². The van der Waals surface area contributed by atoms with Crippen LogP contribution < -0.4 is 10.6 Å². The maximum Gasteiger partial charge on any atom is 0.244 e. The second-order valence-electron chi connectivity index (χ2n) is 4.66. The maximum absolute atomic E-state index is 13.7. The van der Waals surface area contributed by atoms with E-state index in [0.29, 0.717) is 17.3 Å². The van der Waals surface area contributed by atoms with Crippen LogP contribution in [-0.2, 0) is 4.79 Å². The van der Waals surface area contributed by atoms with E-state index in [2.05, 4.69) is 26.6 Å². The lowest BCUT2D eigenvalue weighted by Crippen LogP contribution is -2.50. The highest BCUT2D eigenvalue weighted by Crippen LogP contribution is 2.28. The molecule has 0 bridgehead atoms. The molecule has 6 heteroatoms. The number of rotatable bonds is 3. The number of hydrogen-bond acceptors (Lipinski definition) is 2. The number of halogens is 3. The fourth-order valence-electron chi connectivity index (χ4n) is 2.36. The maximum atomic E-state index is 13.7. The van der Waals surface area contributed by atoms with Crippen LogP contribution in [0.25, 0.3) is 0 Å². The van der Waals surface area contributed by atoms with Crippen molar-refractivity contribution < 1.29 is 13.6 Å². The molecule has 3 nitrogen and oxygen atoms in total. The van der Waals surface area contributed by atoms with Crippen LogP contribution in [0.2, 0.25) is 0 Å². The highest BCUT2D eigenvalue weighted by atomic mass is 79.9. The summed E-state index contributed by atoms with van der Waals surface area (Å²) in [5.74, 6) is -1.96. The third-order valence-corrected chi connectivity index (χ3v) is 3.99. The largest absolute Gasteiger partial charge is 0.320 e.